The lowest BCUT2D eigenvalue weighted by Crippen LogP contribution is -2.45. The van der Waals surface area contributed by atoms with Gasteiger partial charge in [0.25, 0.3) is 0 Å². The van der Waals surface area contributed by atoms with Gasteiger partial charge in [-0.15, -0.1) is 0 Å². The number of ether oxygens (including phenoxy) is 1. The highest BCUT2D eigenvalue weighted by Crippen LogP contribution is 2.36. The van der Waals surface area contributed by atoms with E-state index in [4.69, 9.17) is 27.9 Å². The van der Waals surface area contributed by atoms with Crippen molar-refractivity contribution in [1.29, 1.82) is 0 Å². The molecular weight excluding hydrogens is 528 g/mol. The van der Waals surface area contributed by atoms with Gasteiger partial charge in [-0.25, -0.2) is 8.42 Å². The molecule has 0 spiro atoms. The number of hydrogen-bond acceptors (Lipinski definition) is 4. The van der Waals surface area contributed by atoms with E-state index in [9.17, 15) is 26.4 Å². The maximum Gasteiger partial charge on any atom is 0.417 e. The van der Waals surface area contributed by atoms with Crippen molar-refractivity contribution in [2.24, 2.45) is 0 Å². The lowest BCUT2D eigenvalue weighted by atomic mass is 10.1. The molecule has 3 rings (SSSR count). The highest BCUT2D eigenvalue weighted by atomic mass is 35.5. The third-order valence-electron chi connectivity index (χ3n) is 4.85. The molecule has 0 aliphatic carbocycles. The van der Waals surface area contributed by atoms with Gasteiger partial charge in [-0.2, -0.15) is 17.9 Å². The first-order valence-electron chi connectivity index (χ1n) is 9.98. The summed E-state index contributed by atoms with van der Waals surface area (Å²) in [6.45, 7) is 0. The highest BCUT2D eigenvalue weighted by Gasteiger charge is 2.34. The first kappa shape index (κ1) is 26.8. The van der Waals surface area contributed by atoms with Gasteiger partial charge in [0.1, 0.15) is 16.7 Å². The van der Waals surface area contributed by atoms with Crippen molar-refractivity contribution in [2.45, 2.75) is 23.5 Å². The van der Waals surface area contributed by atoms with Crippen LogP contribution in [0.5, 0.6) is 5.75 Å². The van der Waals surface area contributed by atoms with Gasteiger partial charge in [0.05, 0.1) is 17.7 Å². The summed E-state index contributed by atoms with van der Waals surface area (Å²) in [6.07, 6.45) is -4.83. The maximum absolute atomic E-state index is 13.2. The Bertz CT molecular complexity index is 1320. The Kier molecular flexibility index (Phi) is 8.32. The average molecular weight is 547 g/mol. The smallest absolute Gasteiger partial charge is 0.417 e. The number of nitrogens with one attached hydrogen (secondary N) is 2. The average Bonchev–Trinajstić information content (AvgIpc) is 2.79. The molecule has 186 valence electrons. The normalized spacial score (nSPS) is 12.7. The van der Waals surface area contributed by atoms with E-state index in [1.807, 2.05) is 0 Å². The van der Waals surface area contributed by atoms with Gasteiger partial charge in [-0.1, -0.05) is 53.5 Å². The summed E-state index contributed by atoms with van der Waals surface area (Å²) >= 11 is 11.6. The van der Waals surface area contributed by atoms with Crippen LogP contribution in [0, 0.1) is 0 Å². The molecule has 2 N–H and O–H groups in total. The van der Waals surface area contributed by atoms with Crippen molar-refractivity contribution < 1.29 is 31.1 Å². The molecule has 0 fully saturated rings. The Labute approximate surface area is 210 Å². The Hall–Kier alpha value is -2.79. The van der Waals surface area contributed by atoms with Crippen LogP contribution >= 0.6 is 23.2 Å². The molecule has 3 aromatic rings. The van der Waals surface area contributed by atoms with Gasteiger partial charge in [0, 0.05) is 10.7 Å². The molecule has 1 unspecified atom stereocenters. The molecule has 0 aliphatic rings. The molecule has 35 heavy (non-hydrogen) atoms. The number of sulfonamides is 1. The second-order valence-corrected chi connectivity index (χ2v) is 9.87. The van der Waals surface area contributed by atoms with E-state index in [1.54, 1.807) is 30.3 Å². The van der Waals surface area contributed by atoms with E-state index >= 15 is 0 Å². The first-order chi connectivity index (χ1) is 16.4. The maximum atomic E-state index is 13.2. The lowest BCUT2D eigenvalue weighted by Gasteiger charge is -2.20. The Balaban J connectivity index is 1.95. The summed E-state index contributed by atoms with van der Waals surface area (Å²) in [5.74, 6) is -0.887. The molecule has 3 aromatic carbocycles. The molecular formula is C23H19Cl2F3N2O4S. The Morgan fingerprint density at radius 2 is 1.71 bits per heavy atom. The topological polar surface area (TPSA) is 84.5 Å². The first-order valence-corrected chi connectivity index (χ1v) is 12.2. The zero-order valence-corrected chi connectivity index (χ0v) is 20.4. The number of halogens is 5. The van der Waals surface area contributed by atoms with Crippen LogP contribution in [-0.4, -0.2) is 27.5 Å². The summed E-state index contributed by atoms with van der Waals surface area (Å²) < 4.78 is 73.4. The van der Waals surface area contributed by atoms with Crippen LogP contribution in [0.2, 0.25) is 10.0 Å². The minimum absolute atomic E-state index is 0.00621. The standard InChI is InChI=1S/C23H19Cl2F3N2O4S/c1-34-20-10-7-15(24)12-21(20)35(32,33)30-19(11-14-5-3-2-4-6-14)22(31)29-16-8-9-18(25)17(13-16)23(26,27)28/h2-10,12-13,19,30H,11H2,1H3,(H,29,31). The van der Waals surface area contributed by atoms with Crippen LogP contribution < -0.4 is 14.8 Å². The summed E-state index contributed by atoms with van der Waals surface area (Å²) in [6, 6.07) is 13.9. The summed E-state index contributed by atoms with van der Waals surface area (Å²) in [5, 5.41) is 1.92. The lowest BCUT2D eigenvalue weighted by molar-refractivity contribution is -0.137. The van der Waals surface area contributed by atoms with Crippen LogP contribution in [0.1, 0.15) is 11.1 Å². The number of anilines is 1. The number of hydrogen-bond donors (Lipinski definition) is 2. The monoisotopic (exact) mass is 546 g/mol. The molecule has 0 bridgehead atoms. The van der Waals surface area contributed by atoms with Gasteiger partial charge in [0.2, 0.25) is 15.9 Å². The SMILES string of the molecule is COc1ccc(Cl)cc1S(=O)(=O)NC(Cc1ccccc1)C(=O)Nc1ccc(Cl)c(C(F)(F)F)c1. The van der Waals surface area contributed by atoms with Crippen LogP contribution in [0.25, 0.3) is 0 Å². The number of rotatable bonds is 8. The predicted octanol–water partition coefficient (Wildman–Crippen LogP) is 5.55. The number of amides is 1. The fourth-order valence-electron chi connectivity index (χ4n) is 3.20. The van der Waals surface area contributed by atoms with E-state index in [2.05, 4.69) is 10.0 Å². The van der Waals surface area contributed by atoms with Crippen molar-refractivity contribution >= 4 is 44.8 Å². The van der Waals surface area contributed by atoms with E-state index in [0.29, 0.717) is 11.6 Å². The zero-order chi connectivity index (χ0) is 25.8. The molecule has 0 saturated carbocycles. The van der Waals surface area contributed by atoms with E-state index < -0.39 is 38.7 Å². The van der Waals surface area contributed by atoms with Gasteiger partial charge in [-0.3, -0.25) is 4.79 Å². The second kappa shape index (κ2) is 10.9. The highest BCUT2D eigenvalue weighted by molar-refractivity contribution is 7.89. The van der Waals surface area contributed by atoms with E-state index in [-0.39, 0.29) is 27.8 Å². The quantitative estimate of drug-likeness (QED) is 0.388. The molecule has 1 amide bonds. The number of carbonyl (C=O) groups excluding carboxylic acids is 1. The molecule has 0 saturated heterocycles. The number of carbonyl (C=O) groups is 1. The van der Waals surface area contributed by atoms with Crippen molar-refractivity contribution in [3.8, 4) is 5.75 Å². The fraction of sp³-hybridized carbons (Fsp3) is 0.174. The van der Waals surface area contributed by atoms with Crippen LogP contribution in [0.3, 0.4) is 0 Å². The van der Waals surface area contributed by atoms with Crippen molar-refractivity contribution in [1.82, 2.24) is 4.72 Å². The number of alkyl halides is 3. The van der Waals surface area contributed by atoms with E-state index in [0.717, 1.165) is 12.1 Å². The Morgan fingerprint density at radius 1 is 1.03 bits per heavy atom. The Morgan fingerprint density at radius 3 is 2.34 bits per heavy atom. The van der Waals surface area contributed by atoms with Gasteiger partial charge >= 0.3 is 6.18 Å². The zero-order valence-electron chi connectivity index (χ0n) is 18.1. The molecule has 6 nitrogen and oxygen atoms in total. The van der Waals surface area contributed by atoms with Crippen LogP contribution in [-0.2, 0) is 27.4 Å². The molecule has 12 heteroatoms. The number of methoxy groups -OCH3 is 1. The predicted molar refractivity (Wildman–Crippen MR) is 127 cm³/mol. The van der Waals surface area contributed by atoms with Crippen LogP contribution in [0.15, 0.2) is 71.6 Å². The second-order valence-electron chi connectivity index (χ2n) is 7.34. The van der Waals surface area contributed by atoms with Crippen molar-refractivity contribution in [3.63, 3.8) is 0 Å². The minimum Gasteiger partial charge on any atom is -0.495 e. The fourth-order valence-corrected chi connectivity index (χ4v) is 5.05. The summed E-state index contributed by atoms with van der Waals surface area (Å²) in [4.78, 5) is 12.8. The summed E-state index contributed by atoms with van der Waals surface area (Å²) in [7, 11) is -3.07. The molecule has 0 radical (unpaired) electrons. The molecule has 0 heterocycles. The summed E-state index contributed by atoms with van der Waals surface area (Å²) in [5.41, 5.74) is -0.731. The minimum atomic E-state index is -4.74. The van der Waals surface area contributed by atoms with E-state index in [1.165, 1.54) is 25.3 Å². The molecule has 0 aliphatic heterocycles. The van der Waals surface area contributed by atoms with Crippen molar-refractivity contribution in [2.75, 3.05) is 12.4 Å². The third kappa shape index (κ3) is 6.88. The third-order valence-corrected chi connectivity index (χ3v) is 6.91. The van der Waals surface area contributed by atoms with Crippen LogP contribution in [0.4, 0.5) is 18.9 Å². The molecule has 1 atom stereocenters. The van der Waals surface area contributed by atoms with Gasteiger partial charge in [0.15, 0.2) is 0 Å². The van der Waals surface area contributed by atoms with Gasteiger partial charge in [-0.05, 0) is 48.4 Å². The largest absolute Gasteiger partial charge is 0.495 e. The molecule has 0 aromatic heterocycles. The van der Waals surface area contributed by atoms with Crippen molar-refractivity contribution in [3.05, 3.63) is 87.9 Å². The van der Waals surface area contributed by atoms with Gasteiger partial charge < -0.3 is 10.1 Å². The number of benzene rings is 3.